The van der Waals surface area contributed by atoms with Gasteiger partial charge in [0.2, 0.25) is 0 Å². The van der Waals surface area contributed by atoms with Crippen LogP contribution in [-0.4, -0.2) is 34.3 Å². The number of hydrogen-bond donors (Lipinski definition) is 0. The van der Waals surface area contributed by atoms with Crippen molar-refractivity contribution in [3.63, 3.8) is 0 Å². The van der Waals surface area contributed by atoms with Crippen molar-refractivity contribution >= 4 is 11.5 Å². The van der Waals surface area contributed by atoms with Gasteiger partial charge in [0.05, 0.1) is 18.4 Å². The summed E-state index contributed by atoms with van der Waals surface area (Å²) in [7, 11) is 0. The third kappa shape index (κ3) is 2.52. The summed E-state index contributed by atoms with van der Waals surface area (Å²) in [6, 6.07) is 0.323. The molecule has 84 valence electrons. The standard InChI is InChI=1S/C10H16FN3S/c1-8(10-7-15-13-12-10)14-4-2-9(6-11)3-5-14/h7-9H,2-6H2,1H3. The van der Waals surface area contributed by atoms with Gasteiger partial charge in [0.1, 0.15) is 0 Å². The first-order valence-corrected chi connectivity index (χ1v) is 6.22. The Kier molecular flexibility index (Phi) is 3.64. The van der Waals surface area contributed by atoms with Gasteiger partial charge in [-0.25, -0.2) is 0 Å². The molecule has 2 rings (SSSR count). The molecule has 0 saturated carbocycles. The van der Waals surface area contributed by atoms with Crippen molar-refractivity contribution < 1.29 is 4.39 Å². The van der Waals surface area contributed by atoms with Crippen LogP contribution in [0, 0.1) is 5.92 Å². The lowest BCUT2D eigenvalue weighted by molar-refractivity contribution is 0.126. The lowest BCUT2D eigenvalue weighted by Crippen LogP contribution is -2.36. The summed E-state index contributed by atoms with van der Waals surface area (Å²) in [6.45, 7) is 3.94. The molecule has 0 aliphatic carbocycles. The Morgan fingerprint density at radius 2 is 2.33 bits per heavy atom. The van der Waals surface area contributed by atoms with Crippen molar-refractivity contribution in [2.45, 2.75) is 25.8 Å². The number of hydrogen-bond acceptors (Lipinski definition) is 4. The maximum atomic E-state index is 12.4. The number of piperidine rings is 1. The SMILES string of the molecule is CC(c1csnn1)N1CCC(CF)CC1. The first kappa shape index (κ1) is 11.0. The zero-order valence-electron chi connectivity index (χ0n) is 8.90. The molecule has 1 fully saturated rings. The second kappa shape index (κ2) is 4.99. The highest BCUT2D eigenvalue weighted by molar-refractivity contribution is 7.03. The molecule has 0 N–H and O–H groups in total. The molecule has 0 aromatic carbocycles. The maximum Gasteiger partial charge on any atom is 0.0924 e. The van der Waals surface area contributed by atoms with E-state index in [1.807, 2.05) is 5.38 Å². The van der Waals surface area contributed by atoms with E-state index in [0.29, 0.717) is 6.04 Å². The minimum atomic E-state index is -0.166. The van der Waals surface area contributed by atoms with E-state index in [-0.39, 0.29) is 12.6 Å². The highest BCUT2D eigenvalue weighted by atomic mass is 32.1. The average Bonchev–Trinajstić information content (AvgIpc) is 2.82. The van der Waals surface area contributed by atoms with Gasteiger partial charge in [-0.15, -0.1) is 5.10 Å². The van der Waals surface area contributed by atoms with Crippen molar-refractivity contribution in [1.29, 1.82) is 0 Å². The molecule has 0 bridgehead atoms. The summed E-state index contributed by atoms with van der Waals surface area (Å²) < 4.78 is 16.3. The number of aromatic nitrogens is 2. The molecule has 15 heavy (non-hydrogen) atoms. The summed E-state index contributed by atoms with van der Waals surface area (Å²) in [5.41, 5.74) is 1.04. The van der Waals surface area contributed by atoms with Crippen LogP contribution in [0.3, 0.4) is 0 Å². The van der Waals surface area contributed by atoms with Gasteiger partial charge in [0.25, 0.3) is 0 Å². The van der Waals surface area contributed by atoms with Crippen LogP contribution in [0.15, 0.2) is 5.38 Å². The van der Waals surface area contributed by atoms with E-state index in [0.717, 1.165) is 31.6 Å². The fourth-order valence-electron chi connectivity index (χ4n) is 2.04. The molecular formula is C10H16FN3S. The van der Waals surface area contributed by atoms with E-state index in [2.05, 4.69) is 21.4 Å². The normalized spacial score (nSPS) is 21.7. The molecule has 1 aromatic rings. The molecule has 1 saturated heterocycles. The Morgan fingerprint density at radius 3 is 2.87 bits per heavy atom. The molecule has 1 aliphatic heterocycles. The van der Waals surface area contributed by atoms with E-state index in [9.17, 15) is 4.39 Å². The molecule has 3 nitrogen and oxygen atoms in total. The molecule has 0 spiro atoms. The fraction of sp³-hybridized carbons (Fsp3) is 0.800. The summed E-state index contributed by atoms with van der Waals surface area (Å²) in [5.74, 6) is 0.280. The first-order valence-electron chi connectivity index (χ1n) is 5.38. The quantitative estimate of drug-likeness (QED) is 0.796. The molecular weight excluding hydrogens is 213 g/mol. The van der Waals surface area contributed by atoms with Gasteiger partial charge in [-0.05, 0) is 50.3 Å². The third-order valence-corrected chi connectivity index (χ3v) is 3.74. The zero-order valence-corrected chi connectivity index (χ0v) is 9.71. The van der Waals surface area contributed by atoms with Gasteiger partial charge < -0.3 is 0 Å². The molecule has 1 atom stereocenters. The predicted octanol–water partition coefficient (Wildman–Crippen LogP) is 2.28. The number of nitrogens with zero attached hydrogens (tertiary/aromatic N) is 3. The minimum absolute atomic E-state index is 0.166. The lowest BCUT2D eigenvalue weighted by atomic mass is 9.97. The second-order valence-corrected chi connectivity index (χ2v) is 4.75. The Labute approximate surface area is 93.5 Å². The van der Waals surface area contributed by atoms with Crippen LogP contribution < -0.4 is 0 Å². The van der Waals surface area contributed by atoms with Gasteiger partial charge in [-0.1, -0.05) is 4.49 Å². The third-order valence-electron chi connectivity index (χ3n) is 3.22. The Morgan fingerprint density at radius 1 is 1.60 bits per heavy atom. The summed E-state index contributed by atoms with van der Waals surface area (Å²) in [6.07, 6.45) is 1.94. The molecule has 2 heterocycles. The van der Waals surface area contributed by atoms with Gasteiger partial charge >= 0.3 is 0 Å². The molecule has 1 aliphatic rings. The van der Waals surface area contributed by atoms with Crippen LogP contribution in [0.5, 0.6) is 0 Å². The van der Waals surface area contributed by atoms with E-state index in [1.165, 1.54) is 11.5 Å². The largest absolute Gasteiger partial charge is 0.295 e. The van der Waals surface area contributed by atoms with Crippen LogP contribution in [0.25, 0.3) is 0 Å². The van der Waals surface area contributed by atoms with Gasteiger partial charge in [0.15, 0.2) is 0 Å². The summed E-state index contributed by atoms with van der Waals surface area (Å²) >= 11 is 1.39. The van der Waals surface area contributed by atoms with Crippen molar-refractivity contribution in [3.05, 3.63) is 11.1 Å². The average molecular weight is 229 g/mol. The maximum absolute atomic E-state index is 12.4. The van der Waals surface area contributed by atoms with Crippen molar-refractivity contribution in [3.8, 4) is 0 Å². The van der Waals surface area contributed by atoms with Gasteiger partial charge in [-0.2, -0.15) is 0 Å². The monoisotopic (exact) mass is 229 g/mol. The molecule has 0 radical (unpaired) electrons. The first-order chi connectivity index (χ1) is 7.31. The van der Waals surface area contributed by atoms with Gasteiger partial charge in [-0.3, -0.25) is 9.29 Å². The van der Waals surface area contributed by atoms with Crippen molar-refractivity contribution in [1.82, 2.24) is 14.5 Å². The Balaban J connectivity index is 1.90. The second-order valence-electron chi connectivity index (χ2n) is 4.14. The van der Waals surface area contributed by atoms with Crippen LogP contribution in [-0.2, 0) is 0 Å². The number of likely N-dealkylation sites (tertiary alicyclic amines) is 1. The molecule has 1 aromatic heterocycles. The zero-order chi connectivity index (χ0) is 10.7. The van der Waals surface area contributed by atoms with Crippen molar-refractivity contribution in [2.24, 2.45) is 5.92 Å². The molecule has 5 heteroatoms. The van der Waals surface area contributed by atoms with E-state index < -0.39 is 0 Å². The Hall–Kier alpha value is -0.550. The van der Waals surface area contributed by atoms with Crippen LogP contribution in [0.2, 0.25) is 0 Å². The molecule has 1 unspecified atom stereocenters. The Bertz CT molecular complexity index is 283. The smallest absolute Gasteiger partial charge is 0.0924 e. The van der Waals surface area contributed by atoms with Gasteiger partial charge in [0, 0.05) is 5.38 Å². The topological polar surface area (TPSA) is 29.0 Å². The highest BCUT2D eigenvalue weighted by Gasteiger charge is 2.24. The summed E-state index contributed by atoms with van der Waals surface area (Å²) in [5, 5.41) is 6.08. The van der Waals surface area contributed by atoms with Crippen LogP contribution in [0.1, 0.15) is 31.5 Å². The molecule has 0 amide bonds. The highest BCUT2D eigenvalue weighted by Crippen LogP contribution is 2.25. The van der Waals surface area contributed by atoms with E-state index in [1.54, 1.807) is 0 Å². The van der Waals surface area contributed by atoms with E-state index in [4.69, 9.17) is 0 Å². The number of rotatable bonds is 3. The number of alkyl halides is 1. The predicted molar refractivity (Wildman–Crippen MR) is 58.6 cm³/mol. The van der Waals surface area contributed by atoms with E-state index >= 15 is 0 Å². The fourth-order valence-corrected chi connectivity index (χ4v) is 2.58. The van der Waals surface area contributed by atoms with Crippen LogP contribution in [0.4, 0.5) is 4.39 Å². The number of halogens is 1. The summed E-state index contributed by atoms with van der Waals surface area (Å²) in [4.78, 5) is 2.36. The van der Waals surface area contributed by atoms with Crippen LogP contribution >= 0.6 is 11.5 Å². The lowest BCUT2D eigenvalue weighted by Gasteiger charge is -2.34. The van der Waals surface area contributed by atoms with Crippen molar-refractivity contribution in [2.75, 3.05) is 19.8 Å². The minimum Gasteiger partial charge on any atom is -0.295 e.